The Kier molecular flexibility index (Phi) is 6.62. The van der Waals surface area contributed by atoms with Crippen LogP contribution in [0.4, 0.5) is 24.8 Å². The van der Waals surface area contributed by atoms with E-state index in [0.717, 1.165) is 43.9 Å². The van der Waals surface area contributed by atoms with E-state index in [4.69, 9.17) is 11.6 Å². The molecule has 0 spiro atoms. The Balaban J connectivity index is 1.79. The Bertz CT molecular complexity index is 883. The van der Waals surface area contributed by atoms with Crippen LogP contribution in [0.3, 0.4) is 0 Å². The highest BCUT2D eigenvalue weighted by atomic mass is 35.5. The van der Waals surface area contributed by atoms with Crippen molar-refractivity contribution in [2.75, 3.05) is 11.9 Å². The summed E-state index contributed by atoms with van der Waals surface area (Å²) >= 11 is 5.89. The first kappa shape index (κ1) is 21.4. The summed E-state index contributed by atoms with van der Waals surface area (Å²) in [5.41, 5.74) is -0.588. The molecule has 29 heavy (non-hydrogen) atoms. The van der Waals surface area contributed by atoms with Crippen LogP contribution in [0.15, 0.2) is 24.4 Å². The molecule has 1 heterocycles. The maximum atomic E-state index is 13.5. The number of carbonyl (C=O) groups excluding carboxylic acids is 1. The van der Waals surface area contributed by atoms with Crippen molar-refractivity contribution in [3.8, 4) is 0 Å². The number of aryl methyl sites for hydroxylation is 1. The largest absolute Gasteiger partial charge is 0.434 e. The van der Waals surface area contributed by atoms with Crippen LogP contribution in [0.25, 0.3) is 0 Å². The van der Waals surface area contributed by atoms with Crippen LogP contribution in [0, 0.1) is 12.8 Å². The van der Waals surface area contributed by atoms with Crippen molar-refractivity contribution < 1.29 is 18.0 Å². The van der Waals surface area contributed by atoms with Crippen LogP contribution in [-0.2, 0) is 6.18 Å². The van der Waals surface area contributed by atoms with Crippen LogP contribution in [0.1, 0.15) is 53.7 Å². The lowest BCUT2D eigenvalue weighted by molar-refractivity contribution is -0.141. The fraction of sp³-hybridized carbons (Fsp3) is 0.450. The van der Waals surface area contributed by atoms with Crippen LogP contribution < -0.4 is 10.6 Å². The minimum Gasteiger partial charge on any atom is -0.352 e. The molecule has 3 rings (SSSR count). The standard InChI is InChI=1S/C20H22ClF3N4O/c1-12-9-14(21)7-8-16(12)27-19-26-11-15(17(28-19)20(22,23)24)18(29)25-10-13-5-3-2-4-6-13/h7-9,11,13H,2-6,10H2,1H3,(H,25,29)(H,26,27,28). The molecule has 0 aliphatic heterocycles. The molecule has 1 aliphatic rings. The normalized spacial score (nSPS) is 15.2. The second-order valence-corrected chi connectivity index (χ2v) is 7.69. The maximum absolute atomic E-state index is 13.5. The van der Waals surface area contributed by atoms with Gasteiger partial charge < -0.3 is 10.6 Å². The first-order valence-electron chi connectivity index (χ1n) is 9.49. The Morgan fingerprint density at radius 2 is 1.97 bits per heavy atom. The lowest BCUT2D eigenvalue weighted by Gasteiger charge is -2.22. The van der Waals surface area contributed by atoms with Gasteiger partial charge in [0.15, 0.2) is 5.69 Å². The smallest absolute Gasteiger partial charge is 0.352 e. The van der Waals surface area contributed by atoms with Gasteiger partial charge in [0.1, 0.15) is 0 Å². The van der Waals surface area contributed by atoms with Crippen molar-refractivity contribution in [1.82, 2.24) is 15.3 Å². The summed E-state index contributed by atoms with van der Waals surface area (Å²) in [5.74, 6) is -0.750. The van der Waals surface area contributed by atoms with Crippen molar-refractivity contribution >= 4 is 29.1 Å². The van der Waals surface area contributed by atoms with Crippen LogP contribution in [0.5, 0.6) is 0 Å². The zero-order valence-corrected chi connectivity index (χ0v) is 16.7. The Labute approximate surface area is 172 Å². The second kappa shape index (κ2) is 8.98. The summed E-state index contributed by atoms with van der Waals surface area (Å²) in [6.07, 6.45) is 1.42. The van der Waals surface area contributed by atoms with Crippen molar-refractivity contribution in [2.45, 2.75) is 45.2 Å². The second-order valence-electron chi connectivity index (χ2n) is 7.25. The quantitative estimate of drug-likeness (QED) is 0.661. The van der Waals surface area contributed by atoms with E-state index >= 15 is 0 Å². The molecule has 1 saturated carbocycles. The third-order valence-electron chi connectivity index (χ3n) is 5.01. The maximum Gasteiger partial charge on any atom is 0.434 e. The van der Waals surface area contributed by atoms with Gasteiger partial charge >= 0.3 is 6.18 Å². The number of hydrogen-bond donors (Lipinski definition) is 2. The summed E-state index contributed by atoms with van der Waals surface area (Å²) in [7, 11) is 0. The number of nitrogens with zero attached hydrogens (tertiary/aromatic N) is 2. The molecule has 1 aromatic heterocycles. The van der Waals surface area contributed by atoms with E-state index < -0.39 is 23.3 Å². The number of carbonyl (C=O) groups is 1. The predicted octanol–water partition coefficient (Wildman–Crippen LogP) is 5.51. The van der Waals surface area contributed by atoms with Crippen molar-refractivity contribution in [3.05, 3.63) is 46.2 Å². The number of halogens is 4. The van der Waals surface area contributed by atoms with Crippen LogP contribution in [0.2, 0.25) is 5.02 Å². The fourth-order valence-corrected chi connectivity index (χ4v) is 3.66. The summed E-state index contributed by atoms with van der Waals surface area (Å²) in [6, 6.07) is 4.90. The lowest BCUT2D eigenvalue weighted by Crippen LogP contribution is -2.32. The van der Waals surface area contributed by atoms with E-state index in [9.17, 15) is 18.0 Å². The van der Waals surface area contributed by atoms with Crippen LogP contribution >= 0.6 is 11.6 Å². The third-order valence-corrected chi connectivity index (χ3v) is 5.25. The van der Waals surface area contributed by atoms with E-state index in [-0.39, 0.29) is 5.95 Å². The molecule has 0 unspecified atom stereocenters. The lowest BCUT2D eigenvalue weighted by atomic mass is 9.89. The molecule has 156 valence electrons. The number of aromatic nitrogens is 2. The molecule has 1 aromatic carbocycles. The van der Waals surface area contributed by atoms with Gasteiger partial charge in [-0.1, -0.05) is 30.9 Å². The van der Waals surface area contributed by atoms with Gasteiger partial charge in [-0.05, 0) is 49.4 Å². The summed E-state index contributed by atoms with van der Waals surface area (Å²) in [5, 5.41) is 5.87. The molecule has 2 aromatic rings. The zero-order chi connectivity index (χ0) is 21.0. The van der Waals surface area contributed by atoms with Crippen LogP contribution in [-0.4, -0.2) is 22.4 Å². The molecule has 1 aliphatic carbocycles. The molecule has 2 N–H and O–H groups in total. The SMILES string of the molecule is Cc1cc(Cl)ccc1Nc1ncc(C(=O)NCC2CCCCC2)c(C(F)(F)F)n1. The number of hydrogen-bond acceptors (Lipinski definition) is 4. The summed E-state index contributed by atoms with van der Waals surface area (Å²) in [4.78, 5) is 19.9. The van der Waals surface area contributed by atoms with Gasteiger partial charge in [-0.15, -0.1) is 0 Å². The van der Waals surface area contributed by atoms with E-state index in [1.54, 1.807) is 25.1 Å². The molecule has 0 saturated heterocycles. The van der Waals surface area contributed by atoms with Gasteiger partial charge in [0.05, 0.1) is 5.56 Å². The minimum atomic E-state index is -4.79. The molecule has 5 nitrogen and oxygen atoms in total. The van der Waals surface area contributed by atoms with Gasteiger partial charge in [-0.3, -0.25) is 4.79 Å². The predicted molar refractivity (Wildman–Crippen MR) is 105 cm³/mol. The van der Waals surface area contributed by atoms with E-state index in [1.807, 2.05) is 0 Å². The average molecular weight is 427 g/mol. The highest BCUT2D eigenvalue weighted by molar-refractivity contribution is 6.30. The number of rotatable bonds is 5. The summed E-state index contributed by atoms with van der Waals surface area (Å²) < 4.78 is 40.6. The molecule has 1 fully saturated rings. The van der Waals surface area contributed by atoms with Gasteiger partial charge in [0, 0.05) is 23.5 Å². The Hall–Kier alpha value is -2.35. The number of alkyl halides is 3. The van der Waals surface area contributed by atoms with Gasteiger partial charge in [0.25, 0.3) is 5.91 Å². The van der Waals surface area contributed by atoms with E-state index in [0.29, 0.717) is 23.2 Å². The van der Waals surface area contributed by atoms with E-state index in [1.165, 1.54) is 0 Å². The van der Waals surface area contributed by atoms with E-state index in [2.05, 4.69) is 20.6 Å². The average Bonchev–Trinajstić information content (AvgIpc) is 2.68. The summed E-state index contributed by atoms with van der Waals surface area (Å²) in [6.45, 7) is 2.12. The number of amides is 1. The van der Waals surface area contributed by atoms with Gasteiger partial charge in [0.2, 0.25) is 5.95 Å². The molecule has 9 heteroatoms. The van der Waals surface area contributed by atoms with Crippen molar-refractivity contribution in [3.63, 3.8) is 0 Å². The number of anilines is 2. The number of benzene rings is 1. The molecular weight excluding hydrogens is 405 g/mol. The van der Waals surface area contributed by atoms with Crippen molar-refractivity contribution in [2.24, 2.45) is 5.92 Å². The Morgan fingerprint density at radius 3 is 2.62 bits per heavy atom. The fourth-order valence-electron chi connectivity index (χ4n) is 3.44. The topological polar surface area (TPSA) is 66.9 Å². The minimum absolute atomic E-state index is 0.244. The third kappa shape index (κ3) is 5.59. The highest BCUT2D eigenvalue weighted by Gasteiger charge is 2.38. The van der Waals surface area contributed by atoms with Crippen molar-refractivity contribution in [1.29, 1.82) is 0 Å². The first-order valence-corrected chi connectivity index (χ1v) is 9.87. The zero-order valence-electron chi connectivity index (χ0n) is 15.9. The highest BCUT2D eigenvalue weighted by Crippen LogP contribution is 2.32. The van der Waals surface area contributed by atoms with Gasteiger partial charge in [-0.25, -0.2) is 9.97 Å². The number of nitrogens with one attached hydrogen (secondary N) is 2. The molecule has 0 atom stereocenters. The van der Waals surface area contributed by atoms with Gasteiger partial charge in [-0.2, -0.15) is 13.2 Å². The molecular formula is C20H22ClF3N4O. The molecule has 0 bridgehead atoms. The monoisotopic (exact) mass is 426 g/mol. The Morgan fingerprint density at radius 1 is 1.24 bits per heavy atom. The molecule has 0 radical (unpaired) electrons. The first-order chi connectivity index (χ1) is 13.7. The molecule has 1 amide bonds.